The van der Waals surface area contributed by atoms with Gasteiger partial charge in [-0.1, -0.05) is 50.1 Å². The van der Waals surface area contributed by atoms with Crippen molar-refractivity contribution in [2.75, 3.05) is 19.6 Å². The molecule has 0 spiro atoms. The van der Waals surface area contributed by atoms with Crippen molar-refractivity contribution in [3.05, 3.63) is 35.9 Å². The SMILES string of the molecule is CCC1CN(C(=O)C2(C(=O)O)CCCC2)CCN1Cc1ccccc1. The number of hydrogen-bond acceptors (Lipinski definition) is 3. The van der Waals surface area contributed by atoms with Gasteiger partial charge in [-0.05, 0) is 24.8 Å². The van der Waals surface area contributed by atoms with Crippen molar-refractivity contribution in [3.63, 3.8) is 0 Å². The average molecular weight is 344 g/mol. The van der Waals surface area contributed by atoms with E-state index in [0.29, 0.717) is 25.9 Å². The van der Waals surface area contributed by atoms with Crippen LogP contribution in [0.5, 0.6) is 0 Å². The fourth-order valence-electron chi connectivity index (χ4n) is 4.29. The number of amides is 1. The molecule has 5 nitrogen and oxygen atoms in total. The van der Waals surface area contributed by atoms with Gasteiger partial charge in [-0.15, -0.1) is 0 Å². The summed E-state index contributed by atoms with van der Waals surface area (Å²) in [4.78, 5) is 29.1. The molecule has 1 N–H and O–H groups in total. The summed E-state index contributed by atoms with van der Waals surface area (Å²) in [6.45, 7) is 5.08. The first-order chi connectivity index (χ1) is 12.1. The molecule has 3 rings (SSSR count). The van der Waals surface area contributed by atoms with Crippen LogP contribution in [0.4, 0.5) is 0 Å². The van der Waals surface area contributed by atoms with Gasteiger partial charge >= 0.3 is 5.97 Å². The van der Waals surface area contributed by atoms with Gasteiger partial charge in [0.05, 0.1) is 0 Å². The minimum absolute atomic E-state index is 0.157. The molecule has 136 valence electrons. The van der Waals surface area contributed by atoms with Crippen molar-refractivity contribution < 1.29 is 14.7 Å². The number of nitrogens with zero attached hydrogens (tertiary/aromatic N) is 2. The van der Waals surface area contributed by atoms with E-state index in [4.69, 9.17) is 0 Å². The van der Waals surface area contributed by atoms with Gasteiger partial charge in [-0.3, -0.25) is 14.5 Å². The van der Waals surface area contributed by atoms with Gasteiger partial charge in [0.25, 0.3) is 0 Å². The Balaban J connectivity index is 1.68. The van der Waals surface area contributed by atoms with Crippen LogP contribution in [-0.4, -0.2) is 52.5 Å². The van der Waals surface area contributed by atoms with Crippen molar-refractivity contribution in [1.82, 2.24) is 9.80 Å². The number of carbonyl (C=O) groups is 2. The fourth-order valence-corrected chi connectivity index (χ4v) is 4.29. The molecule has 1 aliphatic carbocycles. The lowest BCUT2D eigenvalue weighted by Crippen LogP contribution is -2.58. The van der Waals surface area contributed by atoms with Crippen molar-refractivity contribution in [1.29, 1.82) is 0 Å². The molecular formula is C20H28N2O3. The topological polar surface area (TPSA) is 60.9 Å². The molecule has 2 aliphatic rings. The van der Waals surface area contributed by atoms with Crippen LogP contribution in [0.25, 0.3) is 0 Å². The first kappa shape index (κ1) is 17.9. The van der Waals surface area contributed by atoms with Crippen LogP contribution in [0.1, 0.15) is 44.6 Å². The number of piperazine rings is 1. The quantitative estimate of drug-likeness (QED) is 0.835. The van der Waals surface area contributed by atoms with Crippen LogP contribution in [-0.2, 0) is 16.1 Å². The van der Waals surface area contributed by atoms with E-state index < -0.39 is 11.4 Å². The lowest BCUT2D eigenvalue weighted by atomic mass is 9.84. The van der Waals surface area contributed by atoms with Crippen LogP contribution < -0.4 is 0 Å². The molecule has 5 heteroatoms. The first-order valence-electron chi connectivity index (χ1n) is 9.37. The summed E-state index contributed by atoms with van der Waals surface area (Å²) in [5, 5.41) is 9.68. The Morgan fingerprint density at radius 1 is 1.16 bits per heavy atom. The van der Waals surface area contributed by atoms with E-state index in [9.17, 15) is 14.7 Å². The molecule has 1 amide bonds. The molecule has 1 atom stereocenters. The molecule has 1 unspecified atom stereocenters. The third-order valence-corrected chi connectivity index (χ3v) is 5.87. The number of benzene rings is 1. The second kappa shape index (κ2) is 7.56. The minimum atomic E-state index is -1.17. The molecule has 0 radical (unpaired) electrons. The summed E-state index contributed by atoms with van der Waals surface area (Å²) in [6, 6.07) is 10.7. The largest absolute Gasteiger partial charge is 0.480 e. The third kappa shape index (κ3) is 3.56. The number of carboxylic acid groups (broad SMARTS) is 1. The third-order valence-electron chi connectivity index (χ3n) is 5.87. The number of rotatable bonds is 5. The Labute approximate surface area is 149 Å². The van der Waals surface area contributed by atoms with Crippen molar-refractivity contribution >= 4 is 11.9 Å². The second-order valence-electron chi connectivity index (χ2n) is 7.36. The van der Waals surface area contributed by atoms with Gasteiger partial charge in [0.1, 0.15) is 5.41 Å². The van der Waals surface area contributed by atoms with Gasteiger partial charge < -0.3 is 10.0 Å². The van der Waals surface area contributed by atoms with Crippen LogP contribution in [0.2, 0.25) is 0 Å². The van der Waals surface area contributed by atoms with Crippen LogP contribution in [0.15, 0.2) is 30.3 Å². The van der Waals surface area contributed by atoms with E-state index in [-0.39, 0.29) is 11.9 Å². The van der Waals surface area contributed by atoms with Crippen molar-refractivity contribution in [2.24, 2.45) is 5.41 Å². The zero-order valence-electron chi connectivity index (χ0n) is 15.0. The van der Waals surface area contributed by atoms with E-state index in [1.165, 1.54) is 5.56 Å². The zero-order chi connectivity index (χ0) is 17.9. The lowest BCUT2D eigenvalue weighted by Gasteiger charge is -2.43. The maximum absolute atomic E-state index is 13.0. The molecule has 0 bridgehead atoms. The van der Waals surface area contributed by atoms with Crippen LogP contribution >= 0.6 is 0 Å². The Hall–Kier alpha value is -1.88. The van der Waals surface area contributed by atoms with E-state index in [1.807, 2.05) is 23.1 Å². The molecule has 1 aromatic rings. The average Bonchev–Trinajstić information content (AvgIpc) is 3.13. The highest BCUT2D eigenvalue weighted by atomic mass is 16.4. The van der Waals surface area contributed by atoms with Crippen LogP contribution in [0.3, 0.4) is 0 Å². The standard InChI is InChI=1S/C20H28N2O3/c1-2-17-15-22(18(23)20(19(24)25)10-6-7-11-20)13-12-21(17)14-16-8-4-3-5-9-16/h3-5,8-9,17H,2,6-7,10-15H2,1H3,(H,24,25). The van der Waals surface area contributed by atoms with Gasteiger partial charge in [0.2, 0.25) is 5.91 Å². The number of aliphatic carboxylic acids is 1. The summed E-state index contributed by atoms with van der Waals surface area (Å²) in [6.07, 6.45) is 3.60. The molecule has 25 heavy (non-hydrogen) atoms. The predicted octanol–water partition coefficient (Wildman–Crippen LogP) is 2.75. The van der Waals surface area contributed by atoms with E-state index in [1.54, 1.807) is 0 Å². The smallest absolute Gasteiger partial charge is 0.319 e. The highest BCUT2D eigenvalue weighted by molar-refractivity contribution is 6.02. The maximum Gasteiger partial charge on any atom is 0.319 e. The molecule has 0 aromatic heterocycles. The number of carbonyl (C=O) groups excluding carboxylic acids is 1. The van der Waals surface area contributed by atoms with Gasteiger partial charge in [-0.2, -0.15) is 0 Å². The molecule has 1 saturated heterocycles. The van der Waals surface area contributed by atoms with Crippen LogP contribution in [0, 0.1) is 5.41 Å². The fraction of sp³-hybridized carbons (Fsp3) is 0.600. The Morgan fingerprint density at radius 3 is 2.44 bits per heavy atom. The molecule has 2 fully saturated rings. The monoisotopic (exact) mass is 344 g/mol. The number of hydrogen-bond donors (Lipinski definition) is 1. The lowest BCUT2D eigenvalue weighted by molar-refractivity contribution is -0.162. The molecule has 1 heterocycles. The molecular weight excluding hydrogens is 316 g/mol. The van der Waals surface area contributed by atoms with E-state index in [2.05, 4.69) is 24.0 Å². The number of carboxylic acids is 1. The normalized spacial score (nSPS) is 23.6. The minimum Gasteiger partial charge on any atom is -0.480 e. The first-order valence-corrected chi connectivity index (χ1v) is 9.37. The summed E-state index contributed by atoms with van der Waals surface area (Å²) >= 11 is 0. The summed E-state index contributed by atoms with van der Waals surface area (Å²) in [5.41, 5.74) is 0.110. The van der Waals surface area contributed by atoms with Crippen molar-refractivity contribution in [2.45, 2.75) is 51.6 Å². The van der Waals surface area contributed by atoms with Gasteiger partial charge in [0, 0.05) is 32.2 Å². The summed E-state index contributed by atoms with van der Waals surface area (Å²) in [5.74, 6) is -1.09. The molecule has 1 saturated carbocycles. The zero-order valence-corrected chi connectivity index (χ0v) is 15.0. The Bertz CT molecular complexity index is 611. The summed E-state index contributed by atoms with van der Waals surface area (Å²) < 4.78 is 0. The maximum atomic E-state index is 13.0. The summed E-state index contributed by atoms with van der Waals surface area (Å²) in [7, 11) is 0. The van der Waals surface area contributed by atoms with Crippen molar-refractivity contribution in [3.8, 4) is 0 Å². The predicted molar refractivity (Wildman–Crippen MR) is 96.0 cm³/mol. The highest BCUT2D eigenvalue weighted by Gasteiger charge is 2.50. The van der Waals surface area contributed by atoms with E-state index >= 15 is 0 Å². The second-order valence-corrected chi connectivity index (χ2v) is 7.36. The van der Waals surface area contributed by atoms with Gasteiger partial charge in [-0.25, -0.2) is 0 Å². The highest BCUT2D eigenvalue weighted by Crippen LogP contribution is 2.40. The van der Waals surface area contributed by atoms with E-state index in [0.717, 1.165) is 32.4 Å². The Kier molecular flexibility index (Phi) is 5.42. The molecule has 1 aliphatic heterocycles. The molecule has 1 aromatic carbocycles. The van der Waals surface area contributed by atoms with Gasteiger partial charge in [0.15, 0.2) is 0 Å². The Morgan fingerprint density at radius 2 is 1.84 bits per heavy atom.